The van der Waals surface area contributed by atoms with Crippen LogP contribution in [0.4, 0.5) is 0 Å². The van der Waals surface area contributed by atoms with E-state index < -0.39 is 105 Å². The maximum atomic E-state index is 11.1. The van der Waals surface area contributed by atoms with Gasteiger partial charge >= 0.3 is 0 Å². The number of ether oxygens (including phenoxy) is 6. The van der Waals surface area contributed by atoms with Crippen LogP contribution in [0, 0.1) is 0 Å². The molecule has 0 radical (unpaired) electrons. The van der Waals surface area contributed by atoms with E-state index in [1.54, 1.807) is 0 Å². The minimum atomic E-state index is -1.70. The molecule has 3 aliphatic rings. The molecule has 0 unspecified atom stereocenters. The van der Waals surface area contributed by atoms with Crippen LogP contribution in [0.15, 0.2) is 0 Å². The van der Waals surface area contributed by atoms with Gasteiger partial charge in [-0.25, -0.2) is 0 Å². The number of rotatable bonds is 14. The van der Waals surface area contributed by atoms with E-state index in [1.807, 2.05) is 0 Å². The van der Waals surface area contributed by atoms with E-state index in [1.165, 1.54) is 6.92 Å². The lowest BCUT2D eigenvalue weighted by Crippen LogP contribution is -2.64. The van der Waals surface area contributed by atoms with Crippen molar-refractivity contribution in [2.45, 2.75) is 144 Å². The molecular weight excluding hydrogens is 552 g/mol. The van der Waals surface area contributed by atoms with Gasteiger partial charge < -0.3 is 74.4 Å². The molecule has 0 aromatic carbocycles. The minimum absolute atomic E-state index is 0.224. The van der Waals surface area contributed by atoms with E-state index in [0.717, 1.165) is 32.1 Å². The van der Waals surface area contributed by atoms with E-state index in [4.69, 9.17) is 28.4 Å². The molecule has 0 spiro atoms. The summed E-state index contributed by atoms with van der Waals surface area (Å²) >= 11 is 0. The first kappa shape index (κ1) is 34.9. The Morgan fingerprint density at radius 3 is 1.83 bits per heavy atom. The van der Waals surface area contributed by atoms with Gasteiger partial charge in [0.1, 0.15) is 67.1 Å². The van der Waals surface area contributed by atoms with Crippen molar-refractivity contribution in [3.8, 4) is 0 Å². The molecule has 0 saturated carbocycles. The Bertz CT molecular complexity index is 746. The Balaban J connectivity index is 1.68. The van der Waals surface area contributed by atoms with Crippen LogP contribution in [0.2, 0.25) is 0 Å². The van der Waals surface area contributed by atoms with Crippen LogP contribution in [-0.2, 0) is 28.4 Å². The highest BCUT2D eigenvalue weighted by Crippen LogP contribution is 2.31. The first-order valence-electron chi connectivity index (χ1n) is 14.4. The van der Waals surface area contributed by atoms with E-state index in [9.17, 15) is 46.0 Å². The van der Waals surface area contributed by atoms with E-state index in [2.05, 4.69) is 6.92 Å². The van der Waals surface area contributed by atoms with Crippen molar-refractivity contribution in [3.05, 3.63) is 0 Å². The van der Waals surface area contributed by atoms with Gasteiger partial charge in [-0.2, -0.15) is 0 Å². The van der Waals surface area contributed by atoms with Crippen molar-refractivity contribution < 1.29 is 74.4 Å². The molecule has 3 aliphatic heterocycles. The fraction of sp³-hybridized carbons (Fsp3) is 1.00. The van der Waals surface area contributed by atoms with Gasteiger partial charge in [0.25, 0.3) is 0 Å². The highest BCUT2D eigenvalue weighted by atomic mass is 16.7. The van der Waals surface area contributed by atoms with Gasteiger partial charge in [0, 0.05) is 6.61 Å². The molecule has 242 valence electrons. The molecule has 9 N–H and O–H groups in total. The maximum Gasteiger partial charge on any atom is 0.187 e. The van der Waals surface area contributed by atoms with Gasteiger partial charge in [-0.15, -0.1) is 0 Å². The molecule has 0 bridgehead atoms. The number of aliphatic hydroxyl groups is 9. The molecule has 3 rings (SSSR count). The largest absolute Gasteiger partial charge is 0.394 e. The second-order valence-electron chi connectivity index (χ2n) is 11.0. The summed E-state index contributed by atoms with van der Waals surface area (Å²) in [5.41, 5.74) is 0. The van der Waals surface area contributed by atoms with Gasteiger partial charge in [0.05, 0.1) is 19.3 Å². The van der Waals surface area contributed by atoms with Crippen molar-refractivity contribution in [2.24, 2.45) is 0 Å². The fourth-order valence-corrected chi connectivity index (χ4v) is 5.10. The van der Waals surface area contributed by atoms with Gasteiger partial charge in [-0.1, -0.05) is 39.0 Å². The van der Waals surface area contributed by atoms with Crippen LogP contribution in [0.1, 0.15) is 52.4 Å². The number of aliphatic hydroxyl groups excluding tert-OH is 9. The van der Waals surface area contributed by atoms with E-state index in [0.29, 0.717) is 6.42 Å². The summed E-state index contributed by atoms with van der Waals surface area (Å²) in [5.74, 6) is 0. The Morgan fingerprint density at radius 2 is 1.15 bits per heavy atom. The second kappa shape index (κ2) is 16.5. The van der Waals surface area contributed by atoms with Crippen molar-refractivity contribution >= 4 is 0 Å². The Labute approximate surface area is 239 Å². The molecule has 0 aromatic heterocycles. The third-order valence-electron chi connectivity index (χ3n) is 7.79. The lowest BCUT2D eigenvalue weighted by molar-refractivity contribution is -0.364. The van der Waals surface area contributed by atoms with Crippen molar-refractivity contribution in [1.82, 2.24) is 0 Å². The van der Waals surface area contributed by atoms with Crippen LogP contribution in [-0.4, -0.2) is 158 Å². The molecule has 0 aromatic rings. The maximum absolute atomic E-state index is 11.1. The smallest absolute Gasteiger partial charge is 0.187 e. The van der Waals surface area contributed by atoms with Crippen LogP contribution < -0.4 is 0 Å². The number of hydrogen-bond acceptors (Lipinski definition) is 15. The number of hydrogen-bond donors (Lipinski definition) is 9. The summed E-state index contributed by atoms with van der Waals surface area (Å²) in [6.07, 6.45) is -16.1. The average Bonchev–Trinajstić information content (AvgIpc) is 2.96. The van der Waals surface area contributed by atoms with Crippen LogP contribution in [0.5, 0.6) is 0 Å². The van der Waals surface area contributed by atoms with Crippen molar-refractivity contribution in [1.29, 1.82) is 0 Å². The third-order valence-corrected chi connectivity index (χ3v) is 7.79. The normalized spacial score (nSPS) is 45.6. The molecule has 3 fully saturated rings. The first-order valence-corrected chi connectivity index (χ1v) is 14.4. The summed E-state index contributed by atoms with van der Waals surface area (Å²) < 4.78 is 33.6. The Morgan fingerprint density at radius 1 is 0.561 bits per heavy atom. The third kappa shape index (κ3) is 8.74. The topological polar surface area (TPSA) is 237 Å². The lowest BCUT2D eigenvalue weighted by atomic mass is 9.97. The predicted molar refractivity (Wildman–Crippen MR) is 137 cm³/mol. The van der Waals surface area contributed by atoms with Crippen LogP contribution in [0.3, 0.4) is 0 Å². The van der Waals surface area contributed by atoms with E-state index >= 15 is 0 Å². The Kier molecular flexibility index (Phi) is 14.0. The quantitative estimate of drug-likeness (QED) is 0.0895. The molecule has 15 nitrogen and oxygen atoms in total. The summed E-state index contributed by atoms with van der Waals surface area (Å²) in [6, 6.07) is 0. The molecule has 0 aliphatic carbocycles. The summed E-state index contributed by atoms with van der Waals surface area (Å²) in [7, 11) is 0. The highest BCUT2D eigenvalue weighted by Gasteiger charge is 2.51. The van der Waals surface area contributed by atoms with E-state index in [-0.39, 0.29) is 6.61 Å². The molecule has 3 saturated heterocycles. The van der Waals surface area contributed by atoms with Crippen LogP contribution >= 0.6 is 0 Å². The summed E-state index contributed by atoms with van der Waals surface area (Å²) in [4.78, 5) is 0. The molecule has 15 atom stereocenters. The van der Waals surface area contributed by atoms with Crippen LogP contribution in [0.25, 0.3) is 0 Å². The average molecular weight is 601 g/mol. The summed E-state index contributed by atoms with van der Waals surface area (Å²) in [6.45, 7) is 2.67. The first-order chi connectivity index (χ1) is 19.5. The molecule has 15 heteroatoms. The minimum Gasteiger partial charge on any atom is -0.394 e. The zero-order valence-electron chi connectivity index (χ0n) is 23.5. The summed E-state index contributed by atoms with van der Waals surface area (Å²) in [5, 5.41) is 92.3. The van der Waals surface area contributed by atoms with Gasteiger partial charge in [-0.05, 0) is 13.3 Å². The molecular formula is C26H48O15. The Hall–Kier alpha value is -0.600. The van der Waals surface area contributed by atoms with Crippen molar-refractivity contribution in [3.63, 3.8) is 0 Å². The predicted octanol–water partition coefficient (Wildman–Crippen LogP) is -3.16. The SMILES string of the molecule is CCCCCCCCO[C@@H]1O[C@H](CO[C@H]2O[C@H](CO)[C@@H](O)[C@H](O)[C@@H]2O)[C@@H](O)[C@H](O[C@H]2O[C@H](C)[C@@H](O)[C@H](O)[C@@H]2O)[C@@H]1O. The molecule has 3 heterocycles. The van der Waals surface area contributed by atoms with Gasteiger partial charge in [0.2, 0.25) is 0 Å². The van der Waals surface area contributed by atoms with Gasteiger partial charge in [-0.3, -0.25) is 0 Å². The zero-order valence-corrected chi connectivity index (χ0v) is 23.5. The zero-order chi connectivity index (χ0) is 30.3. The molecule has 0 amide bonds. The number of unbranched alkanes of at least 4 members (excludes halogenated alkanes) is 5. The lowest BCUT2D eigenvalue weighted by Gasteiger charge is -2.46. The second-order valence-corrected chi connectivity index (χ2v) is 11.0. The monoisotopic (exact) mass is 600 g/mol. The highest BCUT2D eigenvalue weighted by molar-refractivity contribution is 4.94. The standard InChI is InChI=1S/C26H48O15/c1-3-4-5-6-7-8-9-36-25-22(35)23(41-26-21(34)18(31)15(28)12(2)38-26)17(30)14(40-25)11-37-24-20(33)19(32)16(29)13(10-27)39-24/h12-35H,3-11H2,1-2H3/t12-,13-,14-,15-,16-,17-,18+,19+,20+,21+,22+,23+,24+,25-,26-/m1/s1. The van der Waals surface area contributed by atoms with Crippen molar-refractivity contribution in [2.75, 3.05) is 19.8 Å². The molecule has 41 heavy (non-hydrogen) atoms. The van der Waals surface area contributed by atoms with Gasteiger partial charge in [0.15, 0.2) is 18.9 Å². The fourth-order valence-electron chi connectivity index (χ4n) is 5.10.